The lowest BCUT2D eigenvalue weighted by Crippen LogP contribution is -2.21. The molecule has 0 amide bonds. The van der Waals surface area contributed by atoms with Crippen molar-refractivity contribution in [2.45, 2.75) is 30.2 Å². The Labute approximate surface area is 115 Å². The van der Waals surface area contributed by atoms with Crippen LogP contribution < -0.4 is 0 Å². The molecular formula is C14H16N2O2S. The Bertz CT molecular complexity index is 619. The standard InChI is InChI=1S/C14H16N2O2S/c1-8-3-6-10-11(7-8)16-14(15-10)19-12(9-4-5-9)13(17)18-2/h3,6-7,9,12H,4-5H2,1-2H3,(H,15,16). The number of methoxy groups -OCH3 is 1. The number of benzene rings is 1. The molecule has 1 N–H and O–H groups in total. The van der Waals surface area contributed by atoms with Crippen molar-refractivity contribution in [2.24, 2.45) is 5.92 Å². The molecule has 5 heteroatoms. The van der Waals surface area contributed by atoms with Crippen LogP contribution in [0.2, 0.25) is 0 Å². The molecule has 2 aromatic rings. The molecule has 0 saturated heterocycles. The van der Waals surface area contributed by atoms with Gasteiger partial charge in [-0.15, -0.1) is 0 Å². The van der Waals surface area contributed by atoms with Gasteiger partial charge in [0.25, 0.3) is 0 Å². The van der Waals surface area contributed by atoms with Crippen LogP contribution >= 0.6 is 11.8 Å². The van der Waals surface area contributed by atoms with E-state index in [1.165, 1.54) is 24.4 Å². The van der Waals surface area contributed by atoms with Crippen LogP contribution in [0.5, 0.6) is 0 Å². The summed E-state index contributed by atoms with van der Waals surface area (Å²) < 4.78 is 4.88. The van der Waals surface area contributed by atoms with E-state index in [1.807, 2.05) is 12.1 Å². The molecule has 0 spiro atoms. The average molecular weight is 276 g/mol. The van der Waals surface area contributed by atoms with Crippen molar-refractivity contribution in [1.29, 1.82) is 0 Å². The number of rotatable bonds is 4. The van der Waals surface area contributed by atoms with Gasteiger partial charge in [-0.05, 0) is 43.4 Å². The molecule has 0 bridgehead atoms. The Balaban J connectivity index is 1.85. The molecule has 1 saturated carbocycles. The number of hydrogen-bond acceptors (Lipinski definition) is 4. The summed E-state index contributed by atoms with van der Waals surface area (Å²) in [6, 6.07) is 6.10. The molecule has 100 valence electrons. The number of carbonyl (C=O) groups is 1. The predicted molar refractivity (Wildman–Crippen MR) is 75.2 cm³/mol. The molecule has 1 heterocycles. The highest BCUT2D eigenvalue weighted by Crippen LogP contribution is 2.41. The fourth-order valence-corrected chi connectivity index (χ4v) is 3.35. The van der Waals surface area contributed by atoms with Gasteiger partial charge in [-0.2, -0.15) is 0 Å². The maximum absolute atomic E-state index is 11.8. The monoisotopic (exact) mass is 276 g/mol. The molecule has 1 aliphatic rings. The van der Waals surface area contributed by atoms with Crippen molar-refractivity contribution in [3.63, 3.8) is 0 Å². The first kappa shape index (κ1) is 12.5. The third kappa shape index (κ3) is 2.61. The maximum atomic E-state index is 11.8. The second-order valence-electron chi connectivity index (χ2n) is 4.96. The van der Waals surface area contributed by atoms with E-state index < -0.39 is 0 Å². The molecule has 1 atom stereocenters. The number of nitrogens with one attached hydrogen (secondary N) is 1. The number of aryl methyl sites for hydroxylation is 1. The van der Waals surface area contributed by atoms with Crippen molar-refractivity contribution in [3.05, 3.63) is 23.8 Å². The van der Waals surface area contributed by atoms with Gasteiger partial charge < -0.3 is 9.72 Å². The number of aromatic nitrogens is 2. The molecule has 3 rings (SSSR count). The quantitative estimate of drug-likeness (QED) is 0.689. The number of thioether (sulfide) groups is 1. The highest BCUT2D eigenvalue weighted by atomic mass is 32.2. The molecule has 1 unspecified atom stereocenters. The number of ether oxygens (including phenoxy) is 1. The number of imidazole rings is 1. The van der Waals surface area contributed by atoms with Crippen LogP contribution in [-0.2, 0) is 9.53 Å². The van der Waals surface area contributed by atoms with Crippen LogP contribution in [0.15, 0.2) is 23.4 Å². The number of fused-ring (bicyclic) bond motifs is 1. The van der Waals surface area contributed by atoms with E-state index in [-0.39, 0.29) is 11.2 Å². The van der Waals surface area contributed by atoms with Crippen LogP contribution in [0.4, 0.5) is 0 Å². The van der Waals surface area contributed by atoms with Gasteiger partial charge in [-0.1, -0.05) is 17.8 Å². The van der Waals surface area contributed by atoms with Crippen LogP contribution in [-0.4, -0.2) is 28.3 Å². The number of nitrogens with zero attached hydrogens (tertiary/aromatic N) is 1. The summed E-state index contributed by atoms with van der Waals surface area (Å²) in [5.74, 6) is 0.288. The molecule has 4 nitrogen and oxygen atoms in total. The van der Waals surface area contributed by atoms with Crippen LogP contribution in [0, 0.1) is 12.8 Å². The Morgan fingerprint density at radius 2 is 2.32 bits per heavy atom. The minimum absolute atomic E-state index is 0.133. The molecule has 1 fully saturated rings. The highest BCUT2D eigenvalue weighted by Gasteiger charge is 2.38. The zero-order chi connectivity index (χ0) is 13.4. The molecule has 1 aromatic carbocycles. The highest BCUT2D eigenvalue weighted by molar-refractivity contribution is 8.00. The molecular weight excluding hydrogens is 260 g/mol. The van der Waals surface area contributed by atoms with Crippen molar-refractivity contribution in [1.82, 2.24) is 9.97 Å². The van der Waals surface area contributed by atoms with Gasteiger partial charge in [0.05, 0.1) is 18.1 Å². The lowest BCUT2D eigenvalue weighted by molar-refractivity contribution is -0.140. The van der Waals surface area contributed by atoms with Gasteiger partial charge in [-0.3, -0.25) is 4.79 Å². The van der Waals surface area contributed by atoms with Crippen LogP contribution in [0.25, 0.3) is 11.0 Å². The van der Waals surface area contributed by atoms with Gasteiger partial charge in [0.1, 0.15) is 5.25 Å². The molecule has 1 aromatic heterocycles. The first-order valence-corrected chi connectivity index (χ1v) is 7.26. The predicted octanol–water partition coefficient (Wildman–Crippen LogP) is 2.92. The van der Waals surface area contributed by atoms with Gasteiger partial charge >= 0.3 is 5.97 Å². The second-order valence-corrected chi connectivity index (χ2v) is 6.09. The second kappa shape index (κ2) is 4.89. The van der Waals surface area contributed by atoms with Crippen LogP contribution in [0.3, 0.4) is 0 Å². The Morgan fingerprint density at radius 3 is 3.00 bits per heavy atom. The summed E-state index contributed by atoms with van der Waals surface area (Å²) in [5, 5.41) is 0.662. The van der Waals surface area contributed by atoms with E-state index in [1.54, 1.807) is 0 Å². The van der Waals surface area contributed by atoms with Crippen molar-refractivity contribution in [3.8, 4) is 0 Å². The lowest BCUT2D eigenvalue weighted by atomic mass is 10.2. The third-order valence-corrected chi connectivity index (χ3v) is 4.59. The summed E-state index contributed by atoms with van der Waals surface area (Å²) in [5.41, 5.74) is 3.15. The topological polar surface area (TPSA) is 55.0 Å². The molecule has 19 heavy (non-hydrogen) atoms. The Hall–Kier alpha value is -1.49. The van der Waals surface area contributed by atoms with Gasteiger partial charge in [0.15, 0.2) is 5.16 Å². The summed E-state index contributed by atoms with van der Waals surface area (Å²) in [4.78, 5) is 19.6. The van der Waals surface area contributed by atoms with Gasteiger partial charge in [-0.25, -0.2) is 4.98 Å². The van der Waals surface area contributed by atoms with E-state index >= 15 is 0 Å². The van der Waals surface area contributed by atoms with Gasteiger partial charge in [0.2, 0.25) is 0 Å². The lowest BCUT2D eigenvalue weighted by Gasteiger charge is -2.10. The summed E-state index contributed by atoms with van der Waals surface area (Å²) in [6.45, 7) is 2.05. The summed E-state index contributed by atoms with van der Waals surface area (Å²) in [6.07, 6.45) is 2.21. The van der Waals surface area contributed by atoms with Crippen LogP contribution in [0.1, 0.15) is 18.4 Å². The van der Waals surface area contributed by atoms with Crippen molar-refractivity contribution >= 4 is 28.8 Å². The fraction of sp³-hybridized carbons (Fsp3) is 0.429. The zero-order valence-electron chi connectivity index (χ0n) is 11.0. The summed E-state index contributed by atoms with van der Waals surface area (Å²) in [7, 11) is 1.44. The van der Waals surface area contributed by atoms with Crippen molar-refractivity contribution < 1.29 is 9.53 Å². The van der Waals surface area contributed by atoms with E-state index in [0.717, 1.165) is 29.0 Å². The normalized spacial score (nSPS) is 16.5. The minimum atomic E-state index is -0.149. The number of H-pyrrole nitrogens is 1. The number of hydrogen-bond donors (Lipinski definition) is 1. The number of esters is 1. The van der Waals surface area contributed by atoms with E-state index in [9.17, 15) is 4.79 Å². The summed E-state index contributed by atoms with van der Waals surface area (Å²) >= 11 is 1.48. The molecule has 1 aliphatic carbocycles. The minimum Gasteiger partial charge on any atom is -0.468 e. The molecule has 0 radical (unpaired) electrons. The first-order valence-electron chi connectivity index (χ1n) is 6.38. The Morgan fingerprint density at radius 1 is 1.53 bits per heavy atom. The average Bonchev–Trinajstić information content (AvgIpc) is 3.16. The van der Waals surface area contributed by atoms with Gasteiger partial charge in [0, 0.05) is 0 Å². The fourth-order valence-electron chi connectivity index (χ4n) is 2.13. The van der Waals surface area contributed by atoms with E-state index in [2.05, 4.69) is 23.0 Å². The smallest absolute Gasteiger partial charge is 0.319 e. The number of carbonyl (C=O) groups excluding carboxylic acids is 1. The van der Waals surface area contributed by atoms with E-state index in [0.29, 0.717) is 5.92 Å². The third-order valence-electron chi connectivity index (χ3n) is 3.34. The van der Waals surface area contributed by atoms with Crippen molar-refractivity contribution in [2.75, 3.05) is 7.11 Å². The van der Waals surface area contributed by atoms with E-state index in [4.69, 9.17) is 4.74 Å². The SMILES string of the molecule is COC(=O)C(Sc1nc2ccc(C)cc2[nH]1)C1CC1. The molecule has 0 aliphatic heterocycles. The first-order chi connectivity index (χ1) is 9.17. The maximum Gasteiger partial charge on any atom is 0.319 e. The zero-order valence-corrected chi connectivity index (χ0v) is 11.8. The Kier molecular flexibility index (Phi) is 3.22. The largest absolute Gasteiger partial charge is 0.468 e. The number of aromatic amines is 1.